The number of nitrogens with one attached hydrogen (secondary N) is 1. The molecule has 0 aromatic heterocycles. The van der Waals surface area contributed by atoms with E-state index in [1.54, 1.807) is 0 Å². The van der Waals surface area contributed by atoms with Crippen molar-refractivity contribution in [3.63, 3.8) is 0 Å². The molecule has 0 radical (unpaired) electrons. The fourth-order valence-electron chi connectivity index (χ4n) is 0.907. The third kappa shape index (κ3) is 3.24. The summed E-state index contributed by atoms with van der Waals surface area (Å²) in [5.74, 6) is -3.49. The Morgan fingerprint density at radius 3 is 1.47 bits per heavy atom. The van der Waals surface area contributed by atoms with E-state index in [2.05, 4.69) is 4.74 Å². The first kappa shape index (κ1) is 15.5. The highest BCUT2D eigenvalue weighted by Gasteiger charge is 2.75. The van der Waals surface area contributed by atoms with Crippen LogP contribution in [0.1, 0.15) is 13.8 Å². The average Bonchev–Trinajstić information content (AvgIpc) is 1.96. The molecule has 1 amide bonds. The van der Waals surface area contributed by atoms with Crippen molar-refractivity contribution in [2.45, 2.75) is 31.9 Å². The first-order chi connectivity index (χ1) is 7.33. The molecule has 0 spiro atoms. The summed E-state index contributed by atoms with van der Waals surface area (Å²) >= 11 is 0. The van der Waals surface area contributed by atoms with Crippen LogP contribution in [0, 0.1) is 0 Å². The Kier molecular flexibility index (Phi) is 4.03. The second-order valence-corrected chi connectivity index (χ2v) is 2.95. The second kappa shape index (κ2) is 4.41. The molecule has 0 saturated carbocycles. The predicted molar refractivity (Wildman–Crippen MR) is 40.4 cm³/mol. The number of halogens is 6. The van der Waals surface area contributed by atoms with Crippen molar-refractivity contribution in [1.82, 2.24) is 5.32 Å². The van der Waals surface area contributed by atoms with Crippen molar-refractivity contribution < 1.29 is 40.7 Å². The lowest BCUT2D eigenvalue weighted by atomic mass is 10.2. The van der Waals surface area contributed by atoms with Gasteiger partial charge in [-0.2, -0.15) is 26.3 Å². The minimum Gasteiger partial charge on any atom is -0.421 e. The van der Waals surface area contributed by atoms with Gasteiger partial charge in [0.2, 0.25) is 5.91 Å². The van der Waals surface area contributed by atoms with Gasteiger partial charge in [-0.3, -0.25) is 9.59 Å². The van der Waals surface area contributed by atoms with Crippen molar-refractivity contribution in [3.05, 3.63) is 0 Å². The van der Waals surface area contributed by atoms with Crippen LogP contribution in [-0.4, -0.2) is 30.0 Å². The number of hydrogen-bond donors (Lipinski definition) is 1. The van der Waals surface area contributed by atoms with Gasteiger partial charge in [0.15, 0.2) is 0 Å². The fourth-order valence-corrected chi connectivity index (χ4v) is 0.907. The summed E-state index contributed by atoms with van der Waals surface area (Å²) in [5.41, 5.74) is -5.03. The molecule has 0 atom stereocenters. The molecule has 0 aliphatic heterocycles. The van der Waals surface area contributed by atoms with Gasteiger partial charge in [0, 0.05) is 13.8 Å². The van der Waals surface area contributed by atoms with E-state index in [0.29, 0.717) is 19.2 Å². The van der Waals surface area contributed by atoms with Gasteiger partial charge in [-0.15, -0.1) is 0 Å². The summed E-state index contributed by atoms with van der Waals surface area (Å²) in [6.07, 6.45) is -12.1. The van der Waals surface area contributed by atoms with Gasteiger partial charge in [0.05, 0.1) is 0 Å². The van der Waals surface area contributed by atoms with Gasteiger partial charge >= 0.3 is 24.0 Å². The number of esters is 1. The Morgan fingerprint density at radius 1 is 0.941 bits per heavy atom. The van der Waals surface area contributed by atoms with E-state index in [-0.39, 0.29) is 0 Å². The maximum Gasteiger partial charge on any atom is 0.458 e. The maximum absolute atomic E-state index is 12.4. The van der Waals surface area contributed by atoms with Crippen molar-refractivity contribution >= 4 is 11.9 Å². The van der Waals surface area contributed by atoms with E-state index in [0.717, 1.165) is 0 Å². The lowest BCUT2D eigenvalue weighted by Gasteiger charge is -2.35. The summed E-state index contributed by atoms with van der Waals surface area (Å²) in [6.45, 7) is 0.782. The molecular weight excluding hydrogens is 260 g/mol. The molecule has 0 aliphatic rings. The molecule has 1 N–H and O–H groups in total. The lowest BCUT2D eigenvalue weighted by Crippen LogP contribution is -2.69. The SMILES string of the molecule is CC(=O)NC(OC(C)=O)(C(F)(F)F)C(F)(F)F. The molecule has 0 unspecified atom stereocenters. The third-order valence-corrected chi connectivity index (χ3v) is 1.45. The highest BCUT2D eigenvalue weighted by molar-refractivity contribution is 5.75. The molecule has 0 heterocycles. The van der Waals surface area contributed by atoms with Crippen LogP contribution in [0.25, 0.3) is 0 Å². The number of ether oxygens (including phenoxy) is 1. The van der Waals surface area contributed by atoms with E-state index >= 15 is 0 Å². The Hall–Kier alpha value is -1.48. The van der Waals surface area contributed by atoms with Crippen LogP contribution in [0.4, 0.5) is 26.3 Å². The molecule has 17 heavy (non-hydrogen) atoms. The van der Waals surface area contributed by atoms with E-state index in [1.807, 2.05) is 0 Å². The highest BCUT2D eigenvalue weighted by Crippen LogP contribution is 2.44. The summed E-state index contributed by atoms with van der Waals surface area (Å²) in [5, 5.41) is 0.573. The van der Waals surface area contributed by atoms with Crippen molar-refractivity contribution in [3.8, 4) is 0 Å². The van der Waals surface area contributed by atoms with Crippen LogP contribution in [0.15, 0.2) is 0 Å². The molecule has 10 heteroatoms. The normalized spacial score (nSPS) is 13.2. The number of hydrogen-bond acceptors (Lipinski definition) is 3. The number of rotatable bonds is 2. The van der Waals surface area contributed by atoms with E-state index in [9.17, 15) is 35.9 Å². The van der Waals surface area contributed by atoms with Gasteiger partial charge in [-0.1, -0.05) is 0 Å². The molecule has 0 rings (SSSR count). The number of alkyl halides is 6. The smallest absolute Gasteiger partial charge is 0.421 e. The molecule has 0 aliphatic carbocycles. The molecule has 0 bridgehead atoms. The summed E-state index contributed by atoms with van der Waals surface area (Å²) in [4.78, 5) is 20.8. The lowest BCUT2D eigenvalue weighted by molar-refractivity contribution is -0.377. The molecule has 0 aromatic carbocycles. The largest absolute Gasteiger partial charge is 0.458 e. The van der Waals surface area contributed by atoms with E-state index in [1.165, 1.54) is 0 Å². The van der Waals surface area contributed by atoms with Gasteiger partial charge in [0.1, 0.15) is 0 Å². The van der Waals surface area contributed by atoms with Crippen LogP contribution in [-0.2, 0) is 14.3 Å². The third-order valence-electron chi connectivity index (χ3n) is 1.45. The van der Waals surface area contributed by atoms with Crippen LogP contribution < -0.4 is 5.32 Å². The molecule has 0 aromatic rings. The number of carbonyl (C=O) groups excluding carboxylic acids is 2. The standard InChI is InChI=1S/C7H7F6NO3/c1-3(15)14-5(6(8,9)10,7(11,12)13)17-4(2)16/h1-2H3,(H,14,15). The monoisotopic (exact) mass is 267 g/mol. The van der Waals surface area contributed by atoms with Gasteiger partial charge < -0.3 is 10.1 Å². The maximum atomic E-state index is 12.4. The molecule has 4 nitrogen and oxygen atoms in total. The zero-order valence-electron chi connectivity index (χ0n) is 8.49. The Balaban J connectivity index is 5.71. The first-order valence-electron chi connectivity index (χ1n) is 3.95. The summed E-state index contributed by atoms with van der Waals surface area (Å²) in [7, 11) is 0. The summed E-state index contributed by atoms with van der Waals surface area (Å²) < 4.78 is 77.5. The summed E-state index contributed by atoms with van der Waals surface area (Å²) in [6, 6.07) is 0. The van der Waals surface area contributed by atoms with Gasteiger partial charge in [-0.05, 0) is 0 Å². The molecular formula is C7H7F6NO3. The van der Waals surface area contributed by atoms with Crippen LogP contribution in [0.3, 0.4) is 0 Å². The Labute approximate surface area is 90.9 Å². The van der Waals surface area contributed by atoms with Crippen LogP contribution in [0.5, 0.6) is 0 Å². The van der Waals surface area contributed by atoms with Crippen LogP contribution in [0.2, 0.25) is 0 Å². The molecule has 0 fully saturated rings. The highest BCUT2D eigenvalue weighted by atomic mass is 19.4. The van der Waals surface area contributed by atoms with Crippen LogP contribution >= 0.6 is 0 Å². The Bertz CT molecular complexity index is 289. The average molecular weight is 267 g/mol. The zero-order valence-corrected chi connectivity index (χ0v) is 8.49. The minimum absolute atomic E-state index is 0.355. The Morgan fingerprint density at radius 2 is 1.29 bits per heavy atom. The number of carbonyl (C=O) groups is 2. The quantitative estimate of drug-likeness (QED) is 0.468. The van der Waals surface area contributed by atoms with Gasteiger partial charge in [0.25, 0.3) is 0 Å². The molecule has 0 saturated heterocycles. The second-order valence-electron chi connectivity index (χ2n) is 2.95. The fraction of sp³-hybridized carbons (Fsp3) is 0.714. The predicted octanol–water partition coefficient (Wildman–Crippen LogP) is 1.51. The van der Waals surface area contributed by atoms with E-state index < -0.39 is 30.0 Å². The van der Waals surface area contributed by atoms with Crippen molar-refractivity contribution in [2.24, 2.45) is 0 Å². The van der Waals surface area contributed by atoms with Crippen molar-refractivity contribution in [2.75, 3.05) is 0 Å². The first-order valence-corrected chi connectivity index (χ1v) is 3.95. The zero-order chi connectivity index (χ0) is 14.1. The number of amides is 1. The van der Waals surface area contributed by atoms with Gasteiger partial charge in [-0.25, -0.2) is 0 Å². The minimum atomic E-state index is -6.04. The van der Waals surface area contributed by atoms with Crippen molar-refractivity contribution in [1.29, 1.82) is 0 Å². The van der Waals surface area contributed by atoms with E-state index in [4.69, 9.17) is 0 Å². The topological polar surface area (TPSA) is 55.4 Å². The molecule has 100 valence electrons.